The largest absolute Gasteiger partial charge is 0.345 e. The summed E-state index contributed by atoms with van der Waals surface area (Å²) in [5.41, 5.74) is 0.764. The highest BCUT2D eigenvalue weighted by Crippen LogP contribution is 2.60. The predicted molar refractivity (Wildman–Crippen MR) is 93.7 cm³/mol. The van der Waals surface area contributed by atoms with Gasteiger partial charge in [-0.05, 0) is 61.6 Å². The minimum atomic E-state index is -0.210. The molecule has 0 radical (unpaired) electrons. The summed E-state index contributed by atoms with van der Waals surface area (Å²) in [5.74, 6) is 1.07. The highest BCUT2D eigenvalue weighted by molar-refractivity contribution is 5.93. The normalized spacial score (nSPS) is 34.2. The molecule has 0 spiro atoms. The quantitative estimate of drug-likeness (QED) is 0.749. The lowest BCUT2D eigenvalue weighted by Gasteiger charge is -2.61. The van der Waals surface area contributed by atoms with Crippen LogP contribution in [-0.4, -0.2) is 46.3 Å². The molecule has 4 saturated carbocycles. The van der Waals surface area contributed by atoms with Crippen LogP contribution in [0.4, 0.5) is 0 Å². The van der Waals surface area contributed by atoms with Crippen molar-refractivity contribution in [1.82, 2.24) is 40.1 Å². The molecule has 4 aliphatic rings. The molecule has 0 saturated heterocycles. The second-order valence-corrected chi connectivity index (χ2v) is 8.60. The number of carbonyl (C=O) groups is 1. The molecular formula is C18H20N8O. The number of hydrogen-bond acceptors (Lipinski definition) is 6. The van der Waals surface area contributed by atoms with Crippen molar-refractivity contribution in [3.8, 4) is 0 Å². The number of nitrogens with one attached hydrogen (secondary N) is 1. The number of nitrogens with zero attached hydrogens (tertiary/aromatic N) is 7. The molecular weight excluding hydrogens is 344 g/mol. The molecule has 2 atom stereocenters. The summed E-state index contributed by atoms with van der Waals surface area (Å²) in [6.45, 7) is 0. The van der Waals surface area contributed by atoms with Crippen molar-refractivity contribution in [2.45, 2.75) is 49.6 Å². The molecule has 4 aliphatic carbocycles. The second kappa shape index (κ2) is 5.11. The summed E-state index contributed by atoms with van der Waals surface area (Å²) in [6, 6.07) is 3.54. The van der Waals surface area contributed by atoms with Gasteiger partial charge in [0.2, 0.25) is 0 Å². The van der Waals surface area contributed by atoms with Crippen LogP contribution in [0.1, 0.15) is 49.0 Å². The van der Waals surface area contributed by atoms with Gasteiger partial charge in [0.05, 0.1) is 5.54 Å². The Balaban J connectivity index is 1.33. The van der Waals surface area contributed by atoms with Gasteiger partial charge in [0, 0.05) is 24.0 Å². The lowest BCUT2D eigenvalue weighted by Crippen LogP contribution is -2.66. The van der Waals surface area contributed by atoms with Crippen LogP contribution >= 0.6 is 0 Å². The molecule has 27 heavy (non-hydrogen) atoms. The lowest BCUT2D eigenvalue weighted by molar-refractivity contribution is -0.0811. The van der Waals surface area contributed by atoms with Gasteiger partial charge in [-0.3, -0.25) is 4.79 Å². The summed E-state index contributed by atoms with van der Waals surface area (Å²) >= 11 is 0. The minimum absolute atomic E-state index is 0.117. The first-order chi connectivity index (χ1) is 13.1. The zero-order chi connectivity index (χ0) is 18.1. The Morgan fingerprint density at radius 3 is 2.81 bits per heavy atom. The zero-order valence-corrected chi connectivity index (χ0v) is 14.8. The van der Waals surface area contributed by atoms with E-state index >= 15 is 0 Å². The summed E-state index contributed by atoms with van der Waals surface area (Å²) in [4.78, 5) is 19.1. The number of rotatable bonds is 3. The first-order valence-corrected chi connectivity index (χ1v) is 9.50. The van der Waals surface area contributed by atoms with E-state index < -0.39 is 0 Å². The number of carbonyl (C=O) groups excluding carboxylic acids is 1. The van der Waals surface area contributed by atoms with Crippen LogP contribution in [0, 0.1) is 11.8 Å². The van der Waals surface area contributed by atoms with Crippen LogP contribution in [0.5, 0.6) is 0 Å². The van der Waals surface area contributed by atoms with E-state index in [1.165, 1.54) is 12.7 Å². The van der Waals surface area contributed by atoms with Gasteiger partial charge in [0.1, 0.15) is 0 Å². The van der Waals surface area contributed by atoms with Gasteiger partial charge < -0.3 is 5.32 Å². The molecule has 1 amide bonds. The zero-order valence-electron chi connectivity index (χ0n) is 14.8. The average molecular weight is 364 g/mol. The third-order valence-corrected chi connectivity index (χ3v) is 6.65. The number of amides is 1. The number of aromatic nitrogens is 7. The van der Waals surface area contributed by atoms with E-state index in [0.29, 0.717) is 23.2 Å². The Morgan fingerprint density at radius 1 is 1.22 bits per heavy atom. The van der Waals surface area contributed by atoms with Crippen molar-refractivity contribution in [3.63, 3.8) is 0 Å². The van der Waals surface area contributed by atoms with Crippen LogP contribution in [-0.2, 0) is 5.54 Å². The Morgan fingerprint density at radius 2 is 2.07 bits per heavy atom. The van der Waals surface area contributed by atoms with E-state index in [9.17, 15) is 4.79 Å². The third kappa shape index (κ3) is 2.23. The fourth-order valence-electron chi connectivity index (χ4n) is 6.22. The molecule has 4 bridgehead atoms. The van der Waals surface area contributed by atoms with Crippen molar-refractivity contribution in [1.29, 1.82) is 0 Å². The Kier molecular flexibility index (Phi) is 2.89. The highest BCUT2D eigenvalue weighted by atomic mass is 16.2. The van der Waals surface area contributed by atoms with Crippen LogP contribution in [0.25, 0.3) is 5.65 Å². The van der Waals surface area contributed by atoms with E-state index in [4.69, 9.17) is 0 Å². The SMILES string of the molecule is O=C(NC12CC3CC(C1)CC(n1ncnn1)(C3)C2)c1cc2ncccn2n1. The number of hydrogen-bond donors (Lipinski definition) is 1. The topological polar surface area (TPSA) is 103 Å². The summed E-state index contributed by atoms with van der Waals surface area (Å²) in [7, 11) is 0. The van der Waals surface area contributed by atoms with Gasteiger partial charge in [0.15, 0.2) is 17.7 Å². The first-order valence-electron chi connectivity index (χ1n) is 9.50. The number of tetrazole rings is 1. The monoisotopic (exact) mass is 364 g/mol. The van der Waals surface area contributed by atoms with Crippen LogP contribution in [0.15, 0.2) is 30.9 Å². The molecule has 0 aliphatic heterocycles. The first kappa shape index (κ1) is 15.2. The van der Waals surface area contributed by atoms with E-state index in [0.717, 1.165) is 32.1 Å². The smallest absolute Gasteiger partial charge is 0.272 e. The van der Waals surface area contributed by atoms with Crippen molar-refractivity contribution < 1.29 is 4.79 Å². The standard InChI is InChI=1S/C18H20N8O/c27-16(14-5-15-19-2-1-3-25(15)23-14)22-17-6-12-4-13(7-17)9-18(8-12,10-17)26-21-11-20-24-26/h1-3,5,11-13H,4,6-10H2,(H,22,27). The fraction of sp³-hybridized carbons (Fsp3) is 0.556. The van der Waals surface area contributed by atoms with Crippen LogP contribution in [0.2, 0.25) is 0 Å². The van der Waals surface area contributed by atoms with Gasteiger partial charge in [-0.1, -0.05) is 0 Å². The van der Waals surface area contributed by atoms with E-state index in [2.05, 4.69) is 30.8 Å². The summed E-state index contributed by atoms with van der Waals surface area (Å²) in [5, 5.41) is 20.3. The molecule has 9 heteroatoms. The molecule has 9 nitrogen and oxygen atoms in total. The molecule has 3 aromatic heterocycles. The van der Waals surface area contributed by atoms with E-state index in [1.54, 1.807) is 33.8 Å². The van der Waals surface area contributed by atoms with Gasteiger partial charge in [-0.2, -0.15) is 9.90 Å². The maximum absolute atomic E-state index is 13.0. The molecule has 3 aromatic rings. The van der Waals surface area contributed by atoms with Crippen molar-refractivity contribution in [3.05, 3.63) is 36.5 Å². The molecule has 7 rings (SSSR count). The predicted octanol–water partition coefficient (Wildman–Crippen LogP) is 1.19. The van der Waals surface area contributed by atoms with E-state index in [1.807, 2.05) is 0 Å². The highest BCUT2D eigenvalue weighted by Gasteiger charge is 2.60. The van der Waals surface area contributed by atoms with Crippen molar-refractivity contribution >= 4 is 11.6 Å². The van der Waals surface area contributed by atoms with Gasteiger partial charge >= 0.3 is 0 Å². The van der Waals surface area contributed by atoms with Crippen molar-refractivity contribution in [2.75, 3.05) is 0 Å². The van der Waals surface area contributed by atoms with Gasteiger partial charge in [-0.25, -0.2) is 9.50 Å². The summed E-state index contributed by atoms with van der Waals surface area (Å²) < 4.78 is 1.63. The van der Waals surface area contributed by atoms with Gasteiger partial charge in [-0.15, -0.1) is 10.2 Å². The minimum Gasteiger partial charge on any atom is -0.345 e. The lowest BCUT2D eigenvalue weighted by atomic mass is 9.50. The summed E-state index contributed by atoms with van der Waals surface area (Å²) in [6.07, 6.45) is 11.3. The Hall–Kier alpha value is -2.84. The Bertz CT molecular complexity index is 978. The molecule has 3 heterocycles. The van der Waals surface area contributed by atoms with Crippen LogP contribution < -0.4 is 5.32 Å². The number of fused-ring (bicyclic) bond motifs is 1. The maximum atomic E-state index is 13.0. The van der Waals surface area contributed by atoms with Gasteiger partial charge in [0.25, 0.3) is 5.91 Å². The molecule has 0 aromatic carbocycles. The molecule has 1 N–H and O–H groups in total. The Labute approximate surface area is 155 Å². The molecule has 138 valence electrons. The maximum Gasteiger partial charge on any atom is 0.272 e. The third-order valence-electron chi connectivity index (χ3n) is 6.65. The molecule has 4 fully saturated rings. The second-order valence-electron chi connectivity index (χ2n) is 8.60. The van der Waals surface area contributed by atoms with Crippen LogP contribution in [0.3, 0.4) is 0 Å². The van der Waals surface area contributed by atoms with Crippen molar-refractivity contribution in [2.24, 2.45) is 11.8 Å². The van der Waals surface area contributed by atoms with E-state index in [-0.39, 0.29) is 17.0 Å². The molecule has 2 unspecified atom stereocenters. The fourth-order valence-corrected chi connectivity index (χ4v) is 6.22. The average Bonchev–Trinajstić information content (AvgIpc) is 3.30.